The Morgan fingerprint density at radius 1 is 1.30 bits per heavy atom. The Morgan fingerprint density at radius 3 is 2.35 bits per heavy atom. The standard InChI is InChI=1S/C18H24N2O3/c1-17(2,3)23-16(21)20-12-10-18(22,11-13-20)15(19-4)14-8-6-5-7-9-14/h5-9,15,22H,10-13H2,1-3H3. The number of rotatable bonds is 2. The van der Waals surface area contributed by atoms with Crippen LogP contribution in [0.5, 0.6) is 0 Å². The van der Waals surface area contributed by atoms with E-state index in [0.29, 0.717) is 25.9 Å². The highest BCUT2D eigenvalue weighted by atomic mass is 16.6. The van der Waals surface area contributed by atoms with Crippen LogP contribution in [0.1, 0.15) is 45.2 Å². The summed E-state index contributed by atoms with van der Waals surface area (Å²) in [5.74, 6) is 0. The second-order valence-corrected chi connectivity index (χ2v) is 7.01. The Morgan fingerprint density at radius 2 is 1.87 bits per heavy atom. The zero-order valence-corrected chi connectivity index (χ0v) is 14.0. The maximum Gasteiger partial charge on any atom is 0.410 e. The summed E-state index contributed by atoms with van der Waals surface area (Å²) in [6.45, 7) is 13.7. The Balaban J connectivity index is 2.04. The molecule has 23 heavy (non-hydrogen) atoms. The van der Waals surface area contributed by atoms with Crippen molar-refractivity contribution in [1.29, 1.82) is 0 Å². The lowest BCUT2D eigenvalue weighted by molar-refractivity contribution is -0.0405. The molecule has 5 nitrogen and oxygen atoms in total. The first-order valence-corrected chi connectivity index (χ1v) is 7.87. The lowest BCUT2D eigenvalue weighted by Crippen LogP contribution is -2.50. The molecule has 2 rings (SSSR count). The number of likely N-dealkylation sites (tertiary alicyclic amines) is 1. The van der Waals surface area contributed by atoms with Crippen LogP contribution in [0.25, 0.3) is 4.85 Å². The first kappa shape index (κ1) is 17.3. The van der Waals surface area contributed by atoms with Crippen LogP contribution in [0, 0.1) is 6.57 Å². The summed E-state index contributed by atoms with van der Waals surface area (Å²) < 4.78 is 5.36. The number of benzene rings is 1. The molecule has 1 unspecified atom stereocenters. The summed E-state index contributed by atoms with van der Waals surface area (Å²) in [6, 6.07) is 8.74. The van der Waals surface area contributed by atoms with Crippen LogP contribution in [-0.2, 0) is 4.74 Å². The molecule has 1 amide bonds. The second kappa shape index (κ2) is 6.59. The van der Waals surface area contributed by atoms with Crippen molar-refractivity contribution >= 4 is 6.09 Å². The molecule has 0 radical (unpaired) electrons. The van der Waals surface area contributed by atoms with Gasteiger partial charge in [0.1, 0.15) is 11.2 Å². The highest BCUT2D eigenvalue weighted by Gasteiger charge is 2.46. The van der Waals surface area contributed by atoms with Gasteiger partial charge in [-0.25, -0.2) is 11.4 Å². The molecule has 1 fully saturated rings. The minimum absolute atomic E-state index is 0.362. The summed E-state index contributed by atoms with van der Waals surface area (Å²) in [4.78, 5) is 17.3. The molecule has 0 aliphatic carbocycles. The summed E-state index contributed by atoms with van der Waals surface area (Å²) in [7, 11) is 0. The van der Waals surface area contributed by atoms with Crippen molar-refractivity contribution in [3.63, 3.8) is 0 Å². The van der Waals surface area contributed by atoms with Crippen LogP contribution >= 0.6 is 0 Å². The van der Waals surface area contributed by atoms with E-state index >= 15 is 0 Å². The number of amides is 1. The number of carbonyl (C=O) groups excluding carboxylic acids is 1. The number of ether oxygens (including phenoxy) is 1. The molecule has 0 aromatic heterocycles. The lowest BCUT2D eigenvalue weighted by Gasteiger charge is -2.38. The van der Waals surface area contributed by atoms with Crippen molar-refractivity contribution in [1.82, 2.24) is 4.90 Å². The Kier molecular flexibility index (Phi) is 4.96. The van der Waals surface area contributed by atoms with Gasteiger partial charge in [0.15, 0.2) is 0 Å². The summed E-state index contributed by atoms with van der Waals surface area (Å²) in [5, 5.41) is 10.9. The average Bonchev–Trinajstić information content (AvgIpc) is 2.47. The Labute approximate surface area is 137 Å². The second-order valence-electron chi connectivity index (χ2n) is 7.01. The van der Waals surface area contributed by atoms with E-state index in [-0.39, 0.29) is 6.09 Å². The first-order valence-electron chi connectivity index (χ1n) is 7.87. The van der Waals surface area contributed by atoms with E-state index in [9.17, 15) is 9.90 Å². The van der Waals surface area contributed by atoms with Crippen molar-refractivity contribution in [2.45, 2.75) is 50.9 Å². The van der Waals surface area contributed by atoms with E-state index < -0.39 is 17.2 Å². The van der Waals surface area contributed by atoms with E-state index in [0.717, 1.165) is 5.56 Å². The Hall–Kier alpha value is -2.06. The molecule has 0 saturated carbocycles. The van der Waals surface area contributed by atoms with Crippen LogP contribution in [0.15, 0.2) is 30.3 Å². The molecular formula is C18H24N2O3. The molecular weight excluding hydrogens is 292 g/mol. The minimum Gasteiger partial charge on any atom is -0.444 e. The molecule has 1 aromatic carbocycles. The van der Waals surface area contributed by atoms with Crippen molar-refractivity contribution in [3.8, 4) is 0 Å². The molecule has 124 valence electrons. The van der Waals surface area contributed by atoms with Gasteiger partial charge in [-0.2, -0.15) is 0 Å². The average molecular weight is 316 g/mol. The number of carbonyl (C=O) groups is 1. The van der Waals surface area contributed by atoms with E-state index in [1.54, 1.807) is 4.90 Å². The summed E-state index contributed by atoms with van der Waals surface area (Å²) in [6.07, 6.45) is 0.376. The van der Waals surface area contributed by atoms with E-state index in [2.05, 4.69) is 4.85 Å². The molecule has 5 heteroatoms. The highest BCUT2D eigenvalue weighted by Crippen LogP contribution is 2.38. The fourth-order valence-electron chi connectivity index (χ4n) is 2.82. The van der Waals surface area contributed by atoms with Gasteiger partial charge < -0.3 is 19.6 Å². The quantitative estimate of drug-likeness (QED) is 0.851. The molecule has 1 aliphatic rings. The van der Waals surface area contributed by atoms with Crippen molar-refractivity contribution in [2.24, 2.45) is 0 Å². The van der Waals surface area contributed by atoms with Gasteiger partial charge in [-0.1, -0.05) is 30.3 Å². The number of hydrogen-bond acceptors (Lipinski definition) is 3. The lowest BCUT2D eigenvalue weighted by atomic mass is 9.81. The van der Waals surface area contributed by atoms with Gasteiger partial charge >= 0.3 is 6.09 Å². The summed E-state index contributed by atoms with van der Waals surface area (Å²) >= 11 is 0. The van der Waals surface area contributed by atoms with Gasteiger partial charge in [-0.15, -0.1) is 0 Å². The van der Waals surface area contributed by atoms with Crippen molar-refractivity contribution < 1.29 is 14.6 Å². The van der Waals surface area contributed by atoms with Gasteiger partial charge in [0.25, 0.3) is 6.04 Å². The third kappa shape index (κ3) is 4.23. The van der Waals surface area contributed by atoms with Crippen molar-refractivity contribution in [3.05, 3.63) is 47.3 Å². The van der Waals surface area contributed by atoms with Gasteiger partial charge in [-0.3, -0.25) is 0 Å². The Bertz CT molecular complexity index is 579. The largest absolute Gasteiger partial charge is 0.444 e. The molecule has 0 bridgehead atoms. The van der Waals surface area contributed by atoms with Gasteiger partial charge in [0.05, 0.1) is 0 Å². The maximum absolute atomic E-state index is 12.1. The van der Waals surface area contributed by atoms with Gasteiger partial charge in [0.2, 0.25) is 0 Å². The van der Waals surface area contributed by atoms with Crippen LogP contribution in [-0.4, -0.2) is 40.4 Å². The molecule has 1 aliphatic heterocycles. The van der Waals surface area contributed by atoms with Gasteiger partial charge in [-0.05, 0) is 20.8 Å². The normalized spacial score (nSPS) is 18.8. The van der Waals surface area contributed by atoms with Crippen LogP contribution in [0.3, 0.4) is 0 Å². The number of hydrogen-bond donors (Lipinski definition) is 1. The fourth-order valence-corrected chi connectivity index (χ4v) is 2.82. The van der Waals surface area contributed by atoms with Crippen LogP contribution in [0.2, 0.25) is 0 Å². The zero-order chi connectivity index (χ0) is 17.1. The monoisotopic (exact) mass is 316 g/mol. The molecule has 1 saturated heterocycles. The molecule has 0 spiro atoms. The van der Waals surface area contributed by atoms with E-state index in [1.165, 1.54) is 0 Å². The third-order valence-corrected chi connectivity index (χ3v) is 4.03. The van der Waals surface area contributed by atoms with E-state index in [1.807, 2.05) is 51.1 Å². The van der Waals surface area contributed by atoms with Crippen molar-refractivity contribution in [2.75, 3.05) is 13.1 Å². The maximum atomic E-state index is 12.1. The van der Waals surface area contributed by atoms with Crippen LogP contribution < -0.4 is 0 Å². The highest BCUT2D eigenvalue weighted by molar-refractivity contribution is 5.68. The predicted octanol–water partition coefficient (Wildman–Crippen LogP) is 3.41. The number of piperidine rings is 1. The smallest absolute Gasteiger partial charge is 0.410 e. The summed E-state index contributed by atoms with van der Waals surface area (Å²) in [5.41, 5.74) is -0.828. The van der Waals surface area contributed by atoms with Gasteiger partial charge in [0, 0.05) is 31.5 Å². The molecule has 1 atom stereocenters. The predicted molar refractivity (Wildman–Crippen MR) is 87.8 cm³/mol. The minimum atomic E-state index is -1.11. The molecule has 1 heterocycles. The number of aliphatic hydroxyl groups is 1. The molecule has 1 aromatic rings. The third-order valence-electron chi connectivity index (χ3n) is 4.03. The topological polar surface area (TPSA) is 54.1 Å². The zero-order valence-electron chi connectivity index (χ0n) is 14.0. The molecule has 1 N–H and O–H groups in total. The first-order chi connectivity index (χ1) is 10.7. The fraction of sp³-hybridized carbons (Fsp3) is 0.556. The number of nitrogens with zero attached hydrogens (tertiary/aromatic N) is 2. The van der Waals surface area contributed by atoms with E-state index in [4.69, 9.17) is 11.3 Å². The SMILES string of the molecule is [C-]#[N+]C(c1ccccc1)C1(O)CCN(C(=O)OC(C)(C)C)CC1. The van der Waals surface area contributed by atoms with Crippen LogP contribution in [0.4, 0.5) is 4.79 Å².